The number of nitrogens with one attached hydrogen (secondary N) is 1. The molecule has 1 N–H and O–H groups in total. The minimum absolute atomic E-state index is 0.701. The summed E-state index contributed by atoms with van der Waals surface area (Å²) in [6.45, 7) is 9.69. The molecule has 23 heavy (non-hydrogen) atoms. The van der Waals surface area contributed by atoms with Crippen LogP contribution in [-0.2, 0) is 4.74 Å². The quantitative estimate of drug-likeness (QED) is 0.627. The Morgan fingerprint density at radius 3 is 2.74 bits per heavy atom. The molecule has 3 atom stereocenters. The van der Waals surface area contributed by atoms with Gasteiger partial charge in [0, 0.05) is 32.2 Å². The Bertz CT molecular complexity index is 386. The van der Waals surface area contributed by atoms with Crippen LogP contribution in [0.15, 0.2) is 0 Å². The van der Waals surface area contributed by atoms with Crippen LogP contribution in [0.2, 0.25) is 0 Å². The summed E-state index contributed by atoms with van der Waals surface area (Å²) < 4.78 is 5.40. The Hall–Kier alpha value is -0.390. The fraction of sp³-hybridized carbons (Fsp3) is 0.944. The van der Waals surface area contributed by atoms with Gasteiger partial charge >= 0.3 is 0 Å². The van der Waals surface area contributed by atoms with Gasteiger partial charge in [-0.05, 0) is 56.3 Å². The van der Waals surface area contributed by atoms with Gasteiger partial charge in [0.1, 0.15) is 0 Å². The van der Waals surface area contributed by atoms with Crippen LogP contribution in [0.5, 0.6) is 0 Å². The molecule has 2 heterocycles. The maximum atomic E-state index is 5.73. The molecule has 2 saturated heterocycles. The lowest BCUT2D eigenvalue weighted by molar-refractivity contribution is 0.0375. The zero-order valence-electron chi connectivity index (χ0n) is 14.6. The predicted molar refractivity (Wildman–Crippen MR) is 98.7 cm³/mol. The second-order valence-electron chi connectivity index (χ2n) is 7.51. The van der Waals surface area contributed by atoms with Crippen molar-refractivity contribution in [2.45, 2.75) is 51.5 Å². The van der Waals surface area contributed by atoms with Gasteiger partial charge in [-0.2, -0.15) is 0 Å². The summed E-state index contributed by atoms with van der Waals surface area (Å²) in [5.74, 6) is 1.74. The predicted octanol–water partition coefficient (Wildman–Crippen LogP) is 2.48. The van der Waals surface area contributed by atoms with E-state index in [2.05, 4.69) is 22.0 Å². The van der Waals surface area contributed by atoms with Gasteiger partial charge in [-0.1, -0.05) is 19.8 Å². The van der Waals surface area contributed by atoms with Crippen LogP contribution in [-0.4, -0.2) is 66.9 Å². The summed E-state index contributed by atoms with van der Waals surface area (Å²) in [4.78, 5) is 5.02. The first-order valence-corrected chi connectivity index (χ1v) is 10.0. The lowest BCUT2D eigenvalue weighted by atomic mass is 9.73. The minimum Gasteiger partial charge on any atom is -0.379 e. The molecule has 0 aromatic heterocycles. The van der Waals surface area contributed by atoms with Gasteiger partial charge in [-0.15, -0.1) is 0 Å². The number of hydrogen-bond donors (Lipinski definition) is 1. The number of piperidine rings is 1. The second kappa shape index (κ2) is 8.63. The average molecular weight is 340 g/mol. The van der Waals surface area contributed by atoms with E-state index in [1.54, 1.807) is 0 Å². The van der Waals surface area contributed by atoms with Gasteiger partial charge in [-0.3, -0.25) is 4.90 Å². The standard InChI is InChI=1S/C18H33N3OS/c1-15-7-10-21(17-6-3-2-5-16(15)17)18(23)19-8-4-9-20-11-13-22-14-12-20/h15-17H,2-14H2,1H3,(H,19,23)/t15-,16-,17-/m1/s1. The SMILES string of the molecule is C[C@@H]1CCN(C(=S)NCCCN2CCOCC2)[C@@H]2CCCC[C@H]12. The zero-order valence-corrected chi connectivity index (χ0v) is 15.5. The van der Waals surface area contributed by atoms with E-state index >= 15 is 0 Å². The summed E-state index contributed by atoms with van der Waals surface area (Å²) in [7, 11) is 0. The first-order valence-electron chi connectivity index (χ1n) is 9.60. The summed E-state index contributed by atoms with van der Waals surface area (Å²) >= 11 is 5.73. The smallest absolute Gasteiger partial charge is 0.169 e. The van der Waals surface area contributed by atoms with E-state index in [0.29, 0.717) is 6.04 Å². The third-order valence-corrected chi connectivity index (χ3v) is 6.41. The molecule has 132 valence electrons. The van der Waals surface area contributed by atoms with Crippen LogP contribution in [0.1, 0.15) is 45.4 Å². The second-order valence-corrected chi connectivity index (χ2v) is 7.90. The summed E-state index contributed by atoms with van der Waals surface area (Å²) in [6.07, 6.45) is 8.00. The van der Waals surface area contributed by atoms with Crippen LogP contribution >= 0.6 is 12.2 Å². The van der Waals surface area contributed by atoms with Crippen LogP contribution in [0, 0.1) is 11.8 Å². The van der Waals surface area contributed by atoms with E-state index in [0.717, 1.165) is 62.9 Å². The van der Waals surface area contributed by atoms with Crippen molar-refractivity contribution in [1.29, 1.82) is 0 Å². The van der Waals surface area contributed by atoms with Crippen molar-refractivity contribution in [2.75, 3.05) is 45.9 Å². The first kappa shape index (κ1) is 17.4. The normalized spacial score (nSPS) is 32.4. The molecule has 5 heteroatoms. The highest BCUT2D eigenvalue weighted by atomic mass is 32.1. The summed E-state index contributed by atoms with van der Waals surface area (Å²) in [5.41, 5.74) is 0. The fourth-order valence-electron chi connectivity index (χ4n) is 4.59. The highest BCUT2D eigenvalue weighted by Gasteiger charge is 2.38. The number of nitrogens with zero attached hydrogens (tertiary/aromatic N) is 2. The number of likely N-dealkylation sites (tertiary alicyclic amines) is 1. The minimum atomic E-state index is 0.701. The zero-order chi connectivity index (χ0) is 16.1. The topological polar surface area (TPSA) is 27.7 Å². The van der Waals surface area contributed by atoms with Crippen molar-refractivity contribution >= 4 is 17.3 Å². The Kier molecular flexibility index (Phi) is 6.54. The van der Waals surface area contributed by atoms with E-state index in [4.69, 9.17) is 17.0 Å². The molecule has 3 rings (SSSR count). The van der Waals surface area contributed by atoms with Crippen molar-refractivity contribution in [3.05, 3.63) is 0 Å². The van der Waals surface area contributed by atoms with Crippen LogP contribution in [0.3, 0.4) is 0 Å². The molecular formula is C18H33N3OS. The fourth-order valence-corrected chi connectivity index (χ4v) is 4.92. The lowest BCUT2D eigenvalue weighted by Crippen LogP contribution is -2.55. The van der Waals surface area contributed by atoms with Gasteiger partial charge in [0.15, 0.2) is 5.11 Å². The molecule has 0 aromatic carbocycles. The Balaban J connectivity index is 1.40. The van der Waals surface area contributed by atoms with Crippen LogP contribution in [0.4, 0.5) is 0 Å². The molecule has 0 aromatic rings. The highest BCUT2D eigenvalue weighted by molar-refractivity contribution is 7.80. The monoisotopic (exact) mass is 339 g/mol. The molecule has 3 aliphatic rings. The molecule has 0 unspecified atom stereocenters. The summed E-state index contributed by atoms with van der Waals surface area (Å²) in [6, 6.07) is 0.701. The number of fused-ring (bicyclic) bond motifs is 1. The Labute approximate surface area is 146 Å². The van der Waals surface area contributed by atoms with Gasteiger partial charge in [0.05, 0.1) is 13.2 Å². The average Bonchev–Trinajstić information content (AvgIpc) is 2.60. The van der Waals surface area contributed by atoms with E-state index in [1.165, 1.54) is 38.5 Å². The Morgan fingerprint density at radius 2 is 1.91 bits per heavy atom. The highest BCUT2D eigenvalue weighted by Crippen LogP contribution is 2.38. The van der Waals surface area contributed by atoms with Crippen molar-refractivity contribution in [2.24, 2.45) is 11.8 Å². The largest absolute Gasteiger partial charge is 0.379 e. The van der Waals surface area contributed by atoms with E-state index in [9.17, 15) is 0 Å². The van der Waals surface area contributed by atoms with Gasteiger partial charge < -0.3 is 15.0 Å². The molecule has 4 nitrogen and oxygen atoms in total. The van der Waals surface area contributed by atoms with E-state index in [1.807, 2.05) is 0 Å². The molecular weight excluding hydrogens is 306 g/mol. The Morgan fingerprint density at radius 1 is 1.13 bits per heavy atom. The van der Waals surface area contributed by atoms with E-state index in [-0.39, 0.29) is 0 Å². The third kappa shape index (κ3) is 4.58. The molecule has 0 spiro atoms. The number of ether oxygens (including phenoxy) is 1. The van der Waals surface area contributed by atoms with Crippen LogP contribution in [0.25, 0.3) is 0 Å². The number of morpholine rings is 1. The molecule has 1 saturated carbocycles. The lowest BCUT2D eigenvalue weighted by Gasteiger charge is -2.48. The van der Waals surface area contributed by atoms with Crippen LogP contribution < -0.4 is 5.32 Å². The van der Waals surface area contributed by atoms with Crippen molar-refractivity contribution in [1.82, 2.24) is 15.1 Å². The molecule has 0 amide bonds. The van der Waals surface area contributed by atoms with Crippen molar-refractivity contribution in [3.63, 3.8) is 0 Å². The first-order chi connectivity index (χ1) is 11.3. The van der Waals surface area contributed by atoms with Crippen molar-refractivity contribution in [3.8, 4) is 0 Å². The molecule has 3 fully saturated rings. The number of hydrogen-bond acceptors (Lipinski definition) is 3. The molecule has 2 aliphatic heterocycles. The van der Waals surface area contributed by atoms with Gasteiger partial charge in [0.25, 0.3) is 0 Å². The maximum Gasteiger partial charge on any atom is 0.169 e. The molecule has 0 radical (unpaired) electrons. The number of thiocarbonyl (C=S) groups is 1. The van der Waals surface area contributed by atoms with Gasteiger partial charge in [0.2, 0.25) is 0 Å². The molecule has 1 aliphatic carbocycles. The van der Waals surface area contributed by atoms with Gasteiger partial charge in [-0.25, -0.2) is 0 Å². The van der Waals surface area contributed by atoms with Crippen molar-refractivity contribution < 1.29 is 4.74 Å². The van der Waals surface area contributed by atoms with E-state index < -0.39 is 0 Å². The third-order valence-electron chi connectivity index (χ3n) is 6.03. The summed E-state index contributed by atoms with van der Waals surface area (Å²) in [5, 5.41) is 4.55. The molecule has 0 bridgehead atoms. The maximum absolute atomic E-state index is 5.73. The number of rotatable bonds is 4.